The van der Waals surface area contributed by atoms with Gasteiger partial charge in [-0.25, -0.2) is 0 Å². The summed E-state index contributed by atoms with van der Waals surface area (Å²) in [6.07, 6.45) is 5.22. The first-order valence-corrected chi connectivity index (χ1v) is 7.33. The molecule has 0 saturated carbocycles. The molecule has 3 heteroatoms. The summed E-state index contributed by atoms with van der Waals surface area (Å²) in [5.41, 5.74) is 4.51. The van der Waals surface area contributed by atoms with Crippen LogP contribution in [0.4, 0.5) is 0 Å². The van der Waals surface area contributed by atoms with Crippen LogP contribution in [-0.4, -0.2) is 16.0 Å². The molecular formula is C19H21NO2. The van der Waals surface area contributed by atoms with E-state index in [1.54, 1.807) is 0 Å². The summed E-state index contributed by atoms with van der Waals surface area (Å²) in [6, 6.07) is 13.9. The van der Waals surface area contributed by atoms with E-state index in [4.69, 9.17) is 5.21 Å². The summed E-state index contributed by atoms with van der Waals surface area (Å²) in [5, 5.41) is 22.3. The highest BCUT2D eigenvalue weighted by atomic mass is 16.4. The fourth-order valence-electron chi connectivity index (χ4n) is 2.36. The van der Waals surface area contributed by atoms with E-state index in [2.05, 4.69) is 17.3 Å². The Morgan fingerprint density at radius 1 is 1.09 bits per heavy atom. The number of allylic oxidation sites excluding steroid dienone is 1. The van der Waals surface area contributed by atoms with Crippen molar-refractivity contribution in [2.45, 2.75) is 26.7 Å². The second-order valence-electron chi connectivity index (χ2n) is 5.41. The Morgan fingerprint density at radius 2 is 1.73 bits per heavy atom. The molecule has 0 aliphatic heterocycles. The van der Waals surface area contributed by atoms with Crippen LogP contribution in [0.1, 0.15) is 28.7 Å². The molecule has 2 rings (SSSR count). The molecule has 2 N–H and O–H groups in total. The summed E-state index contributed by atoms with van der Waals surface area (Å²) in [5.74, 6) is 0.331. The molecule has 2 aromatic rings. The van der Waals surface area contributed by atoms with Crippen LogP contribution in [0.5, 0.6) is 5.75 Å². The van der Waals surface area contributed by atoms with Gasteiger partial charge in [-0.15, -0.1) is 0 Å². The van der Waals surface area contributed by atoms with Crippen LogP contribution >= 0.6 is 0 Å². The third kappa shape index (κ3) is 4.22. The molecule has 0 saturated heterocycles. The van der Waals surface area contributed by atoms with E-state index < -0.39 is 0 Å². The fraction of sp³-hybridized carbons (Fsp3) is 0.211. The Kier molecular flexibility index (Phi) is 5.37. The van der Waals surface area contributed by atoms with Crippen molar-refractivity contribution in [1.82, 2.24) is 0 Å². The predicted molar refractivity (Wildman–Crippen MR) is 90.6 cm³/mol. The minimum atomic E-state index is 0.331. The topological polar surface area (TPSA) is 52.8 Å². The van der Waals surface area contributed by atoms with Crippen molar-refractivity contribution in [2.24, 2.45) is 5.16 Å². The third-order valence-electron chi connectivity index (χ3n) is 3.62. The normalized spacial score (nSPS) is 12.0. The van der Waals surface area contributed by atoms with Gasteiger partial charge in [0.1, 0.15) is 5.75 Å². The van der Waals surface area contributed by atoms with E-state index in [-0.39, 0.29) is 0 Å². The number of aromatic hydroxyl groups is 1. The van der Waals surface area contributed by atoms with Crippen LogP contribution in [-0.2, 0) is 6.42 Å². The predicted octanol–water partition coefficient (Wildman–Crippen LogP) is 4.49. The number of phenols is 1. The van der Waals surface area contributed by atoms with Crippen molar-refractivity contribution in [3.63, 3.8) is 0 Å². The number of benzene rings is 2. The second kappa shape index (κ2) is 7.46. The van der Waals surface area contributed by atoms with Crippen molar-refractivity contribution in [1.29, 1.82) is 0 Å². The van der Waals surface area contributed by atoms with Crippen LogP contribution < -0.4 is 0 Å². The van der Waals surface area contributed by atoms with Crippen LogP contribution in [0.2, 0.25) is 0 Å². The Morgan fingerprint density at radius 3 is 2.32 bits per heavy atom. The number of rotatable bonds is 5. The average Bonchev–Trinajstić information content (AvgIpc) is 2.53. The minimum absolute atomic E-state index is 0.331. The molecule has 0 spiro atoms. The first-order valence-electron chi connectivity index (χ1n) is 7.33. The average molecular weight is 295 g/mol. The highest BCUT2D eigenvalue weighted by Gasteiger charge is 2.02. The van der Waals surface area contributed by atoms with Gasteiger partial charge in [-0.1, -0.05) is 41.6 Å². The van der Waals surface area contributed by atoms with Crippen molar-refractivity contribution in [2.75, 3.05) is 0 Å². The molecule has 22 heavy (non-hydrogen) atoms. The smallest absolute Gasteiger partial charge is 0.121 e. The highest BCUT2D eigenvalue weighted by Crippen LogP contribution is 2.23. The summed E-state index contributed by atoms with van der Waals surface area (Å²) >= 11 is 0. The molecule has 0 amide bonds. The van der Waals surface area contributed by atoms with Crippen molar-refractivity contribution in [3.8, 4) is 5.75 Å². The van der Waals surface area contributed by atoms with Crippen LogP contribution in [0.3, 0.4) is 0 Å². The Balaban J connectivity index is 2.04. The fourth-order valence-corrected chi connectivity index (χ4v) is 2.36. The van der Waals surface area contributed by atoms with Crippen LogP contribution in [0.15, 0.2) is 53.7 Å². The van der Waals surface area contributed by atoms with Gasteiger partial charge < -0.3 is 10.3 Å². The number of aryl methyl sites for hydroxylation is 3. The van der Waals surface area contributed by atoms with E-state index in [9.17, 15) is 5.11 Å². The van der Waals surface area contributed by atoms with E-state index in [0.717, 1.165) is 23.1 Å². The molecule has 3 nitrogen and oxygen atoms in total. The second-order valence-corrected chi connectivity index (χ2v) is 5.41. The first kappa shape index (κ1) is 15.8. The van der Waals surface area contributed by atoms with Gasteiger partial charge in [0.25, 0.3) is 0 Å². The van der Waals surface area contributed by atoms with Crippen molar-refractivity contribution < 1.29 is 10.3 Å². The van der Waals surface area contributed by atoms with Gasteiger partial charge >= 0.3 is 0 Å². The molecule has 0 bridgehead atoms. The standard InChI is InChI=1S/C19H21NO2/c1-14-12-17(13-15(2)19(14)21)9-11-18(20-22)10-8-16-6-4-3-5-7-16/h3-7,9,11-13,21-22H,8,10H2,1-2H3/b11-9+,20-18?. The first-order chi connectivity index (χ1) is 10.6. The maximum Gasteiger partial charge on any atom is 0.121 e. The minimum Gasteiger partial charge on any atom is -0.507 e. The molecule has 0 atom stereocenters. The van der Waals surface area contributed by atoms with Crippen molar-refractivity contribution >= 4 is 11.8 Å². The monoisotopic (exact) mass is 295 g/mol. The number of nitrogens with zero attached hydrogens (tertiary/aromatic N) is 1. The van der Waals surface area contributed by atoms with E-state index in [1.165, 1.54) is 5.56 Å². The summed E-state index contributed by atoms with van der Waals surface area (Å²) in [7, 11) is 0. The van der Waals surface area contributed by atoms with Crippen molar-refractivity contribution in [3.05, 3.63) is 70.8 Å². The molecular weight excluding hydrogens is 274 g/mol. The summed E-state index contributed by atoms with van der Waals surface area (Å²) in [4.78, 5) is 0. The lowest BCUT2D eigenvalue weighted by Crippen LogP contribution is -1.97. The molecule has 0 heterocycles. The molecule has 0 aliphatic carbocycles. The maximum atomic E-state index is 9.78. The zero-order valence-corrected chi connectivity index (χ0v) is 13.0. The number of hydrogen-bond donors (Lipinski definition) is 2. The Hall–Kier alpha value is -2.55. The lowest BCUT2D eigenvalue weighted by molar-refractivity contribution is 0.318. The molecule has 0 radical (unpaired) electrons. The van der Waals surface area contributed by atoms with Gasteiger partial charge in [-0.05, 0) is 67.2 Å². The highest BCUT2D eigenvalue weighted by molar-refractivity contribution is 5.98. The number of hydrogen-bond acceptors (Lipinski definition) is 3. The van der Waals surface area contributed by atoms with Gasteiger partial charge in [0.15, 0.2) is 0 Å². The van der Waals surface area contributed by atoms with Gasteiger partial charge in [0.05, 0.1) is 5.71 Å². The van der Waals surface area contributed by atoms with Gasteiger partial charge in [0, 0.05) is 0 Å². The lowest BCUT2D eigenvalue weighted by Gasteiger charge is -2.05. The summed E-state index contributed by atoms with van der Waals surface area (Å²) < 4.78 is 0. The molecule has 0 aliphatic rings. The molecule has 0 aromatic heterocycles. The Labute approximate surface area is 131 Å². The molecule has 2 aromatic carbocycles. The SMILES string of the molecule is Cc1cc(/C=C/C(CCc2ccccc2)=NO)cc(C)c1O. The third-order valence-corrected chi connectivity index (χ3v) is 3.62. The number of oxime groups is 1. The zero-order valence-electron chi connectivity index (χ0n) is 13.0. The number of phenolic OH excluding ortho intramolecular Hbond substituents is 1. The maximum absolute atomic E-state index is 9.78. The van der Waals surface area contributed by atoms with Crippen LogP contribution in [0, 0.1) is 13.8 Å². The summed E-state index contributed by atoms with van der Waals surface area (Å²) in [6.45, 7) is 3.74. The van der Waals surface area contributed by atoms with Gasteiger partial charge in [-0.3, -0.25) is 0 Å². The van der Waals surface area contributed by atoms with Gasteiger partial charge in [-0.2, -0.15) is 0 Å². The molecule has 114 valence electrons. The van der Waals surface area contributed by atoms with E-state index in [0.29, 0.717) is 17.9 Å². The molecule has 0 fully saturated rings. The molecule has 0 unspecified atom stereocenters. The van der Waals surface area contributed by atoms with Crippen LogP contribution in [0.25, 0.3) is 6.08 Å². The van der Waals surface area contributed by atoms with E-state index >= 15 is 0 Å². The Bertz CT molecular complexity index is 665. The lowest BCUT2D eigenvalue weighted by atomic mass is 10.0. The quantitative estimate of drug-likeness (QED) is 0.485. The largest absolute Gasteiger partial charge is 0.507 e. The van der Waals surface area contributed by atoms with E-state index in [1.807, 2.05) is 56.3 Å². The van der Waals surface area contributed by atoms with Gasteiger partial charge in [0.2, 0.25) is 0 Å². The zero-order chi connectivity index (χ0) is 15.9.